The molecule has 5 heteroatoms. The van der Waals surface area contributed by atoms with Crippen molar-refractivity contribution in [2.24, 2.45) is 0 Å². The minimum absolute atomic E-state index is 0.137. The number of likely N-dealkylation sites (N-methyl/N-ethyl adjacent to an activating group) is 1. The Bertz CT molecular complexity index is 258. The van der Waals surface area contributed by atoms with E-state index in [9.17, 15) is 9.59 Å². The van der Waals surface area contributed by atoms with Gasteiger partial charge >= 0.3 is 5.97 Å². The third kappa shape index (κ3) is 4.61. The lowest BCUT2D eigenvalue weighted by atomic mass is 10.0. The van der Waals surface area contributed by atoms with Crippen molar-refractivity contribution in [2.45, 2.75) is 46.2 Å². The number of carboxylic acid groups (broad SMARTS) is 1. The van der Waals surface area contributed by atoms with E-state index < -0.39 is 12.0 Å². The fourth-order valence-corrected chi connectivity index (χ4v) is 1.56. The van der Waals surface area contributed by atoms with Crippen LogP contribution in [0.5, 0.6) is 0 Å². The zero-order chi connectivity index (χ0) is 12.9. The molecule has 0 rings (SSSR count). The molecular formula is C11H22N2O3. The Labute approximate surface area is 96.8 Å². The van der Waals surface area contributed by atoms with Crippen molar-refractivity contribution in [1.82, 2.24) is 10.2 Å². The first-order valence-electron chi connectivity index (χ1n) is 5.46. The van der Waals surface area contributed by atoms with Gasteiger partial charge in [0.1, 0.15) is 0 Å². The van der Waals surface area contributed by atoms with Crippen LogP contribution >= 0.6 is 0 Å². The van der Waals surface area contributed by atoms with E-state index in [2.05, 4.69) is 5.32 Å². The second-order valence-corrected chi connectivity index (χ2v) is 4.76. The van der Waals surface area contributed by atoms with Gasteiger partial charge in [0.05, 0.1) is 12.6 Å². The molecule has 0 saturated heterocycles. The lowest BCUT2D eigenvalue weighted by Gasteiger charge is -2.38. The molecule has 0 aromatic carbocycles. The predicted molar refractivity (Wildman–Crippen MR) is 62.2 cm³/mol. The highest BCUT2D eigenvalue weighted by atomic mass is 16.4. The number of aliphatic carboxylic acids is 1. The first-order chi connectivity index (χ1) is 7.20. The van der Waals surface area contributed by atoms with Crippen molar-refractivity contribution in [3.63, 3.8) is 0 Å². The van der Waals surface area contributed by atoms with E-state index in [1.54, 1.807) is 11.8 Å². The maximum atomic E-state index is 11.7. The van der Waals surface area contributed by atoms with Gasteiger partial charge in [-0.1, -0.05) is 0 Å². The standard InChI is InChI=1S/C11H22N2O3/c1-6-12-10(16)8(2)13(7-9(14)15)11(3,4)5/h8H,6-7H2,1-5H3,(H,12,16)(H,14,15). The van der Waals surface area contributed by atoms with Crippen LogP contribution in [0.3, 0.4) is 0 Å². The van der Waals surface area contributed by atoms with Crippen molar-refractivity contribution in [3.05, 3.63) is 0 Å². The molecule has 0 aromatic rings. The van der Waals surface area contributed by atoms with Gasteiger partial charge in [-0.15, -0.1) is 0 Å². The summed E-state index contributed by atoms with van der Waals surface area (Å²) < 4.78 is 0. The molecule has 1 amide bonds. The molecule has 0 aromatic heterocycles. The van der Waals surface area contributed by atoms with Crippen LogP contribution in [0.4, 0.5) is 0 Å². The second-order valence-electron chi connectivity index (χ2n) is 4.76. The molecule has 0 bridgehead atoms. The summed E-state index contributed by atoms with van der Waals surface area (Å²) in [6, 6.07) is -0.448. The third-order valence-corrected chi connectivity index (χ3v) is 2.37. The van der Waals surface area contributed by atoms with E-state index in [0.29, 0.717) is 6.54 Å². The topological polar surface area (TPSA) is 69.6 Å². The molecule has 0 aliphatic rings. The Kier molecular flexibility index (Phi) is 5.44. The molecule has 0 fully saturated rings. The van der Waals surface area contributed by atoms with Crippen molar-refractivity contribution < 1.29 is 14.7 Å². The maximum Gasteiger partial charge on any atom is 0.317 e. The smallest absolute Gasteiger partial charge is 0.317 e. The summed E-state index contributed by atoms with van der Waals surface area (Å²) in [5, 5.41) is 11.5. The average molecular weight is 230 g/mol. The number of amides is 1. The van der Waals surface area contributed by atoms with Gasteiger partial charge in [-0.05, 0) is 34.6 Å². The fourth-order valence-electron chi connectivity index (χ4n) is 1.56. The van der Waals surface area contributed by atoms with E-state index in [1.807, 2.05) is 27.7 Å². The quantitative estimate of drug-likeness (QED) is 0.729. The SMILES string of the molecule is CCNC(=O)C(C)N(CC(=O)O)C(C)(C)C. The van der Waals surface area contributed by atoms with Crippen molar-refractivity contribution >= 4 is 11.9 Å². The molecule has 1 atom stereocenters. The molecule has 0 aliphatic heterocycles. The van der Waals surface area contributed by atoms with E-state index in [-0.39, 0.29) is 18.0 Å². The van der Waals surface area contributed by atoms with E-state index in [0.717, 1.165) is 0 Å². The Balaban J connectivity index is 4.75. The van der Waals surface area contributed by atoms with Gasteiger partial charge in [0, 0.05) is 12.1 Å². The van der Waals surface area contributed by atoms with Gasteiger partial charge in [-0.2, -0.15) is 0 Å². The fraction of sp³-hybridized carbons (Fsp3) is 0.818. The Morgan fingerprint density at radius 2 is 1.88 bits per heavy atom. The number of carbonyl (C=O) groups is 2. The highest BCUT2D eigenvalue weighted by Gasteiger charge is 2.31. The summed E-state index contributed by atoms with van der Waals surface area (Å²) in [5.74, 6) is -1.07. The van der Waals surface area contributed by atoms with Crippen LogP contribution in [-0.2, 0) is 9.59 Å². The summed E-state index contributed by atoms with van der Waals surface area (Å²) in [7, 11) is 0. The molecule has 16 heavy (non-hydrogen) atoms. The Morgan fingerprint density at radius 3 is 2.19 bits per heavy atom. The number of nitrogens with zero attached hydrogens (tertiary/aromatic N) is 1. The molecule has 0 spiro atoms. The third-order valence-electron chi connectivity index (χ3n) is 2.37. The summed E-state index contributed by atoms with van der Waals surface area (Å²) in [6.07, 6.45) is 0. The van der Waals surface area contributed by atoms with Crippen LogP contribution in [-0.4, -0.2) is 46.6 Å². The van der Waals surface area contributed by atoms with Gasteiger partial charge in [0.2, 0.25) is 5.91 Å². The summed E-state index contributed by atoms with van der Waals surface area (Å²) in [5.41, 5.74) is -0.358. The van der Waals surface area contributed by atoms with Gasteiger partial charge in [-0.3, -0.25) is 14.5 Å². The normalized spacial score (nSPS) is 13.6. The van der Waals surface area contributed by atoms with Crippen molar-refractivity contribution in [2.75, 3.05) is 13.1 Å². The monoisotopic (exact) mass is 230 g/mol. The van der Waals surface area contributed by atoms with Gasteiger partial charge in [-0.25, -0.2) is 0 Å². The summed E-state index contributed by atoms with van der Waals surface area (Å²) >= 11 is 0. The molecule has 2 N–H and O–H groups in total. The van der Waals surface area contributed by atoms with Crippen LogP contribution in [0.25, 0.3) is 0 Å². The first kappa shape index (κ1) is 14.9. The highest BCUT2D eigenvalue weighted by molar-refractivity contribution is 5.82. The van der Waals surface area contributed by atoms with Crippen molar-refractivity contribution in [3.8, 4) is 0 Å². The molecule has 0 heterocycles. The minimum Gasteiger partial charge on any atom is -0.480 e. The van der Waals surface area contributed by atoms with Crippen LogP contribution in [0.2, 0.25) is 0 Å². The molecule has 0 saturated carbocycles. The lowest BCUT2D eigenvalue weighted by Crippen LogP contribution is -2.54. The molecule has 1 unspecified atom stereocenters. The molecule has 0 radical (unpaired) electrons. The first-order valence-corrected chi connectivity index (χ1v) is 5.46. The Morgan fingerprint density at radius 1 is 1.38 bits per heavy atom. The van der Waals surface area contributed by atoms with Gasteiger partial charge in [0.25, 0.3) is 0 Å². The van der Waals surface area contributed by atoms with Crippen LogP contribution in [0.1, 0.15) is 34.6 Å². The van der Waals surface area contributed by atoms with Crippen LogP contribution < -0.4 is 5.32 Å². The number of nitrogens with one attached hydrogen (secondary N) is 1. The maximum absolute atomic E-state index is 11.7. The number of hydrogen-bond donors (Lipinski definition) is 2. The van der Waals surface area contributed by atoms with E-state index in [1.165, 1.54) is 0 Å². The predicted octanol–water partition coefficient (Wildman–Crippen LogP) is 0.696. The van der Waals surface area contributed by atoms with Crippen molar-refractivity contribution in [1.29, 1.82) is 0 Å². The van der Waals surface area contributed by atoms with Crippen LogP contribution in [0, 0.1) is 0 Å². The number of rotatable bonds is 5. The molecule has 0 aliphatic carbocycles. The largest absolute Gasteiger partial charge is 0.480 e. The summed E-state index contributed by atoms with van der Waals surface area (Å²) in [4.78, 5) is 24.1. The highest BCUT2D eigenvalue weighted by Crippen LogP contribution is 2.16. The average Bonchev–Trinajstić information content (AvgIpc) is 2.11. The number of hydrogen-bond acceptors (Lipinski definition) is 3. The zero-order valence-corrected chi connectivity index (χ0v) is 10.7. The molecule has 5 nitrogen and oxygen atoms in total. The Hall–Kier alpha value is -1.10. The van der Waals surface area contributed by atoms with Gasteiger partial charge in [0.15, 0.2) is 0 Å². The molecule has 94 valence electrons. The minimum atomic E-state index is -0.925. The summed E-state index contributed by atoms with van der Waals surface area (Å²) in [6.45, 7) is 9.65. The number of carboxylic acids is 1. The second kappa shape index (κ2) is 5.84. The lowest BCUT2D eigenvalue weighted by molar-refractivity contribution is -0.142. The van der Waals surface area contributed by atoms with Crippen LogP contribution in [0.15, 0.2) is 0 Å². The van der Waals surface area contributed by atoms with E-state index in [4.69, 9.17) is 5.11 Å². The van der Waals surface area contributed by atoms with E-state index >= 15 is 0 Å². The number of carbonyl (C=O) groups excluding carboxylic acids is 1. The molecular weight excluding hydrogens is 208 g/mol. The van der Waals surface area contributed by atoms with Gasteiger partial charge < -0.3 is 10.4 Å². The zero-order valence-electron chi connectivity index (χ0n) is 10.7.